The minimum atomic E-state index is -0.329. The summed E-state index contributed by atoms with van der Waals surface area (Å²) >= 11 is 1.75. The first-order valence-corrected chi connectivity index (χ1v) is 8.03. The van der Waals surface area contributed by atoms with Crippen LogP contribution in [0.3, 0.4) is 0 Å². The molecule has 4 nitrogen and oxygen atoms in total. The van der Waals surface area contributed by atoms with Gasteiger partial charge in [-0.1, -0.05) is 6.07 Å². The van der Waals surface area contributed by atoms with E-state index < -0.39 is 0 Å². The summed E-state index contributed by atoms with van der Waals surface area (Å²) in [4.78, 5) is 16.0. The van der Waals surface area contributed by atoms with Gasteiger partial charge < -0.3 is 15.0 Å². The van der Waals surface area contributed by atoms with E-state index in [1.807, 2.05) is 11.9 Å². The number of hydrogen-bond donors (Lipinski definition) is 1. The van der Waals surface area contributed by atoms with Gasteiger partial charge in [-0.15, -0.1) is 23.7 Å². The molecule has 2 rings (SSSR count). The molecular formula is C15H25ClN2O2S. The minimum absolute atomic E-state index is 0. The highest BCUT2D eigenvalue weighted by atomic mass is 35.5. The zero-order valence-electron chi connectivity index (χ0n) is 12.8. The second kappa shape index (κ2) is 8.73. The van der Waals surface area contributed by atoms with Crippen molar-refractivity contribution in [2.24, 2.45) is 5.41 Å². The Hall–Kier alpha value is -0.620. The Labute approximate surface area is 137 Å². The molecule has 1 aromatic rings. The standard InChI is InChI=1S/C15H24N2O2S.ClH/c1-17(10-5-13-4-3-11-20-13)14(18)15(12-19-2)6-8-16-9-7-15;/h3-4,11,16H,5-10,12H2,1-2H3;1H. The zero-order valence-corrected chi connectivity index (χ0v) is 14.4. The number of thiophene rings is 1. The van der Waals surface area contributed by atoms with Crippen LogP contribution in [0, 0.1) is 5.41 Å². The van der Waals surface area contributed by atoms with E-state index in [1.165, 1.54) is 4.88 Å². The zero-order chi connectivity index (χ0) is 14.4. The molecule has 0 aliphatic carbocycles. The Bertz CT molecular complexity index is 414. The average molecular weight is 333 g/mol. The first-order chi connectivity index (χ1) is 9.68. The Morgan fingerprint density at radius 3 is 2.76 bits per heavy atom. The second-order valence-corrected chi connectivity index (χ2v) is 6.55. The molecule has 21 heavy (non-hydrogen) atoms. The number of hydrogen-bond acceptors (Lipinski definition) is 4. The highest BCUT2D eigenvalue weighted by Crippen LogP contribution is 2.31. The number of likely N-dealkylation sites (N-methyl/N-ethyl adjacent to an activating group) is 1. The molecule has 0 unspecified atom stereocenters. The summed E-state index contributed by atoms with van der Waals surface area (Å²) in [5.74, 6) is 0.234. The molecule has 1 aliphatic rings. The molecule has 0 atom stereocenters. The van der Waals surface area contributed by atoms with E-state index in [4.69, 9.17) is 4.74 Å². The summed E-state index contributed by atoms with van der Waals surface area (Å²) in [6.07, 6.45) is 2.66. The van der Waals surface area contributed by atoms with Crippen LogP contribution in [-0.4, -0.2) is 51.2 Å². The fourth-order valence-electron chi connectivity index (χ4n) is 2.84. The molecule has 0 bridgehead atoms. The normalized spacial score (nSPS) is 17.0. The number of ether oxygens (including phenoxy) is 1. The Morgan fingerprint density at radius 1 is 1.48 bits per heavy atom. The molecule has 0 aromatic carbocycles. The van der Waals surface area contributed by atoms with Crippen molar-refractivity contribution >= 4 is 29.7 Å². The lowest BCUT2D eigenvalue weighted by molar-refractivity contribution is -0.146. The van der Waals surface area contributed by atoms with Gasteiger partial charge in [-0.05, 0) is 43.8 Å². The van der Waals surface area contributed by atoms with Crippen molar-refractivity contribution in [3.63, 3.8) is 0 Å². The quantitative estimate of drug-likeness (QED) is 0.868. The average Bonchev–Trinajstić information content (AvgIpc) is 2.98. The summed E-state index contributed by atoms with van der Waals surface area (Å²) in [5.41, 5.74) is -0.329. The maximum Gasteiger partial charge on any atom is 0.230 e. The molecule has 2 heterocycles. The van der Waals surface area contributed by atoms with Crippen molar-refractivity contribution in [2.45, 2.75) is 19.3 Å². The second-order valence-electron chi connectivity index (χ2n) is 5.52. The number of carbonyl (C=O) groups excluding carboxylic acids is 1. The van der Waals surface area contributed by atoms with Gasteiger partial charge in [0.2, 0.25) is 5.91 Å². The lowest BCUT2D eigenvalue weighted by atomic mass is 9.78. The molecule has 1 aromatic heterocycles. The number of methoxy groups -OCH3 is 1. The van der Waals surface area contributed by atoms with E-state index in [1.54, 1.807) is 18.4 Å². The summed E-state index contributed by atoms with van der Waals surface area (Å²) in [5, 5.41) is 5.40. The molecule has 1 N–H and O–H groups in total. The lowest BCUT2D eigenvalue weighted by Crippen LogP contribution is -2.50. The van der Waals surface area contributed by atoms with Gasteiger partial charge in [0.1, 0.15) is 0 Å². The van der Waals surface area contributed by atoms with Crippen molar-refractivity contribution in [3.05, 3.63) is 22.4 Å². The third-order valence-corrected chi connectivity index (χ3v) is 4.99. The maximum absolute atomic E-state index is 12.8. The fraction of sp³-hybridized carbons (Fsp3) is 0.667. The third kappa shape index (κ3) is 4.68. The topological polar surface area (TPSA) is 41.6 Å². The number of carbonyl (C=O) groups is 1. The van der Waals surface area contributed by atoms with Crippen molar-refractivity contribution in [1.29, 1.82) is 0 Å². The van der Waals surface area contributed by atoms with E-state index in [2.05, 4.69) is 22.8 Å². The Balaban J connectivity index is 0.00000220. The SMILES string of the molecule is COCC1(C(=O)N(C)CCc2cccs2)CCNCC1.Cl. The van der Waals surface area contributed by atoms with Crippen LogP contribution in [0.1, 0.15) is 17.7 Å². The van der Waals surface area contributed by atoms with Crippen molar-refractivity contribution in [1.82, 2.24) is 10.2 Å². The van der Waals surface area contributed by atoms with Gasteiger partial charge in [0.15, 0.2) is 0 Å². The van der Waals surface area contributed by atoms with Crippen LogP contribution in [0.15, 0.2) is 17.5 Å². The summed E-state index contributed by atoms with van der Waals surface area (Å²) in [6, 6.07) is 4.18. The number of halogens is 1. The van der Waals surface area contributed by atoms with Crippen LogP contribution in [0.25, 0.3) is 0 Å². The van der Waals surface area contributed by atoms with Crippen LogP contribution in [0.4, 0.5) is 0 Å². The molecule has 0 saturated carbocycles. The van der Waals surface area contributed by atoms with Gasteiger partial charge in [0.05, 0.1) is 12.0 Å². The first kappa shape index (κ1) is 18.4. The molecule has 1 aliphatic heterocycles. The van der Waals surface area contributed by atoms with Gasteiger partial charge in [0, 0.05) is 25.6 Å². The maximum atomic E-state index is 12.8. The van der Waals surface area contributed by atoms with Gasteiger partial charge in [0.25, 0.3) is 0 Å². The summed E-state index contributed by atoms with van der Waals surface area (Å²) in [7, 11) is 3.60. The summed E-state index contributed by atoms with van der Waals surface area (Å²) < 4.78 is 5.33. The van der Waals surface area contributed by atoms with Gasteiger partial charge in [-0.2, -0.15) is 0 Å². The molecule has 120 valence electrons. The Morgan fingerprint density at radius 2 is 2.19 bits per heavy atom. The third-order valence-electron chi connectivity index (χ3n) is 4.06. The van der Waals surface area contributed by atoms with E-state index in [0.717, 1.165) is 38.9 Å². The molecule has 0 radical (unpaired) electrons. The van der Waals surface area contributed by atoms with Crippen LogP contribution in [-0.2, 0) is 16.0 Å². The number of rotatable bonds is 6. The largest absolute Gasteiger partial charge is 0.384 e. The first-order valence-electron chi connectivity index (χ1n) is 7.15. The lowest BCUT2D eigenvalue weighted by Gasteiger charge is -2.38. The molecule has 1 saturated heterocycles. The molecule has 1 amide bonds. The number of nitrogens with one attached hydrogen (secondary N) is 1. The molecular weight excluding hydrogens is 308 g/mol. The number of piperidine rings is 1. The van der Waals surface area contributed by atoms with E-state index in [0.29, 0.717) is 6.61 Å². The molecule has 0 spiro atoms. The number of nitrogens with zero attached hydrogens (tertiary/aromatic N) is 1. The Kier molecular flexibility index (Phi) is 7.66. The van der Waals surface area contributed by atoms with E-state index >= 15 is 0 Å². The van der Waals surface area contributed by atoms with Gasteiger partial charge in [-0.3, -0.25) is 4.79 Å². The highest BCUT2D eigenvalue weighted by molar-refractivity contribution is 7.09. The number of amides is 1. The molecule has 6 heteroatoms. The van der Waals surface area contributed by atoms with Crippen molar-refractivity contribution < 1.29 is 9.53 Å². The fourth-order valence-corrected chi connectivity index (χ4v) is 3.54. The van der Waals surface area contributed by atoms with Gasteiger partial charge >= 0.3 is 0 Å². The molecule has 1 fully saturated rings. The van der Waals surface area contributed by atoms with Crippen LogP contribution >= 0.6 is 23.7 Å². The van der Waals surface area contributed by atoms with Gasteiger partial charge in [-0.25, -0.2) is 0 Å². The van der Waals surface area contributed by atoms with Crippen molar-refractivity contribution in [2.75, 3.05) is 40.4 Å². The van der Waals surface area contributed by atoms with Crippen LogP contribution in [0.5, 0.6) is 0 Å². The summed E-state index contributed by atoms with van der Waals surface area (Å²) in [6.45, 7) is 3.09. The minimum Gasteiger partial charge on any atom is -0.384 e. The van der Waals surface area contributed by atoms with Crippen molar-refractivity contribution in [3.8, 4) is 0 Å². The highest BCUT2D eigenvalue weighted by Gasteiger charge is 2.41. The smallest absolute Gasteiger partial charge is 0.230 e. The monoisotopic (exact) mass is 332 g/mol. The van der Waals surface area contributed by atoms with Crippen LogP contribution < -0.4 is 5.32 Å². The van der Waals surface area contributed by atoms with Crippen LogP contribution in [0.2, 0.25) is 0 Å². The predicted molar refractivity (Wildman–Crippen MR) is 89.3 cm³/mol. The predicted octanol–water partition coefficient (Wildman–Crippen LogP) is 2.19. The van der Waals surface area contributed by atoms with E-state index in [-0.39, 0.29) is 23.7 Å². The van der Waals surface area contributed by atoms with E-state index in [9.17, 15) is 4.79 Å².